The first kappa shape index (κ1) is 20.9. The molecule has 10 heteroatoms. The molecule has 0 aliphatic heterocycles. The number of ether oxygens (including phenoxy) is 2. The van der Waals surface area contributed by atoms with Crippen molar-refractivity contribution in [3.05, 3.63) is 28.8 Å². The average Bonchev–Trinajstić information content (AvgIpc) is 2.55. The minimum Gasteiger partial charge on any atom is -0.469 e. The van der Waals surface area contributed by atoms with Crippen LogP contribution in [0.4, 0.5) is 0 Å². The Morgan fingerprint density at radius 1 is 1.24 bits per heavy atom. The van der Waals surface area contributed by atoms with Crippen LogP contribution in [-0.4, -0.2) is 52.8 Å². The lowest BCUT2D eigenvalue weighted by Crippen LogP contribution is -2.30. The van der Waals surface area contributed by atoms with Crippen molar-refractivity contribution < 1.29 is 32.3 Å². The van der Waals surface area contributed by atoms with E-state index in [0.29, 0.717) is 6.42 Å². The number of esters is 2. The van der Waals surface area contributed by atoms with Crippen molar-refractivity contribution in [2.45, 2.75) is 17.7 Å². The van der Waals surface area contributed by atoms with Crippen LogP contribution in [0.2, 0.25) is 5.02 Å². The zero-order chi connectivity index (χ0) is 19.0. The summed E-state index contributed by atoms with van der Waals surface area (Å²) in [6, 6.07) is 3.62. The van der Waals surface area contributed by atoms with Gasteiger partial charge in [0.15, 0.2) is 16.4 Å². The van der Waals surface area contributed by atoms with E-state index in [2.05, 4.69) is 10.1 Å². The molecule has 0 aromatic heterocycles. The highest BCUT2D eigenvalue weighted by molar-refractivity contribution is 7.90. The minimum atomic E-state index is -3.51. The first-order chi connectivity index (χ1) is 11.6. The third-order valence-corrected chi connectivity index (χ3v) is 4.47. The van der Waals surface area contributed by atoms with Gasteiger partial charge in [0.25, 0.3) is 5.91 Å². The largest absolute Gasteiger partial charge is 0.469 e. The molecule has 0 saturated carbocycles. The summed E-state index contributed by atoms with van der Waals surface area (Å²) in [6.07, 6.45) is 1.53. The van der Waals surface area contributed by atoms with Crippen LogP contribution in [0.25, 0.3) is 0 Å². The smallest absolute Gasteiger partial charge is 0.340 e. The summed E-state index contributed by atoms with van der Waals surface area (Å²) < 4.78 is 32.3. The maximum atomic E-state index is 12.0. The highest BCUT2D eigenvalue weighted by Crippen LogP contribution is 2.21. The fourth-order valence-electron chi connectivity index (χ4n) is 1.71. The van der Waals surface area contributed by atoms with Crippen molar-refractivity contribution in [2.75, 3.05) is 26.5 Å². The summed E-state index contributed by atoms with van der Waals surface area (Å²) in [5.74, 6) is -1.87. The number of rotatable bonds is 8. The molecule has 8 nitrogen and oxygen atoms in total. The first-order valence-corrected chi connectivity index (χ1v) is 9.42. The van der Waals surface area contributed by atoms with Gasteiger partial charge in [-0.3, -0.25) is 9.59 Å². The number of sulfone groups is 1. The summed E-state index contributed by atoms with van der Waals surface area (Å²) in [5, 5.41) is 2.48. The number of nitrogens with one attached hydrogen (secondary N) is 1. The molecule has 0 radical (unpaired) electrons. The number of hydrogen-bond acceptors (Lipinski definition) is 7. The van der Waals surface area contributed by atoms with E-state index in [1.165, 1.54) is 19.2 Å². The van der Waals surface area contributed by atoms with Crippen LogP contribution in [0.15, 0.2) is 23.1 Å². The topological polar surface area (TPSA) is 116 Å². The molecular formula is C15H18ClNO7S. The summed E-state index contributed by atoms with van der Waals surface area (Å²) in [4.78, 5) is 34.3. The van der Waals surface area contributed by atoms with Crippen LogP contribution in [0.1, 0.15) is 23.2 Å². The molecule has 1 N–H and O–H groups in total. The molecule has 25 heavy (non-hydrogen) atoms. The second-order valence-electron chi connectivity index (χ2n) is 5.02. The minimum absolute atomic E-state index is 0.0101. The van der Waals surface area contributed by atoms with Gasteiger partial charge >= 0.3 is 11.9 Å². The molecule has 1 rings (SSSR count). The molecule has 0 spiro atoms. The quantitative estimate of drug-likeness (QED) is 0.518. The van der Waals surface area contributed by atoms with E-state index in [1.807, 2.05) is 0 Å². The molecule has 1 aromatic carbocycles. The molecule has 0 aliphatic rings. The third kappa shape index (κ3) is 7.10. The summed E-state index contributed by atoms with van der Waals surface area (Å²) in [7, 11) is -2.25. The summed E-state index contributed by atoms with van der Waals surface area (Å²) in [6.45, 7) is -0.341. The van der Waals surface area contributed by atoms with E-state index >= 15 is 0 Å². The molecule has 138 valence electrons. The Morgan fingerprint density at radius 2 is 1.92 bits per heavy atom. The maximum Gasteiger partial charge on any atom is 0.340 e. The molecule has 0 saturated heterocycles. The monoisotopic (exact) mass is 391 g/mol. The van der Waals surface area contributed by atoms with Crippen molar-refractivity contribution in [2.24, 2.45) is 0 Å². The fourth-order valence-corrected chi connectivity index (χ4v) is 2.56. The molecule has 1 aromatic rings. The number of amides is 1. The fraction of sp³-hybridized carbons (Fsp3) is 0.400. The number of benzene rings is 1. The van der Waals surface area contributed by atoms with Crippen molar-refractivity contribution in [3.8, 4) is 0 Å². The van der Waals surface area contributed by atoms with Crippen LogP contribution < -0.4 is 5.32 Å². The van der Waals surface area contributed by atoms with Crippen LogP contribution in [0.5, 0.6) is 0 Å². The van der Waals surface area contributed by atoms with Gasteiger partial charge in [-0.25, -0.2) is 13.2 Å². The lowest BCUT2D eigenvalue weighted by molar-refractivity contribution is -0.140. The summed E-state index contributed by atoms with van der Waals surface area (Å²) in [5.41, 5.74) is -0.150. The van der Waals surface area contributed by atoms with Gasteiger partial charge in [-0.2, -0.15) is 0 Å². The predicted octanol–water partition coefficient (Wildman–Crippen LogP) is 0.970. The van der Waals surface area contributed by atoms with E-state index in [-0.39, 0.29) is 34.4 Å². The van der Waals surface area contributed by atoms with Gasteiger partial charge in [-0.15, -0.1) is 0 Å². The second-order valence-corrected chi connectivity index (χ2v) is 7.44. The number of halogens is 1. The van der Waals surface area contributed by atoms with Gasteiger partial charge < -0.3 is 14.8 Å². The molecule has 0 aliphatic carbocycles. The van der Waals surface area contributed by atoms with Crippen LogP contribution in [0.3, 0.4) is 0 Å². The Labute approximate surface area is 150 Å². The lowest BCUT2D eigenvalue weighted by Gasteiger charge is -2.08. The Hall–Kier alpha value is -2.13. The molecular weight excluding hydrogens is 374 g/mol. The number of carbonyl (C=O) groups excluding carboxylic acids is 3. The van der Waals surface area contributed by atoms with Gasteiger partial charge in [-0.05, 0) is 24.6 Å². The van der Waals surface area contributed by atoms with E-state index in [0.717, 1.165) is 12.3 Å². The Morgan fingerprint density at radius 3 is 2.52 bits per heavy atom. The van der Waals surface area contributed by atoms with E-state index in [4.69, 9.17) is 16.3 Å². The average molecular weight is 392 g/mol. The van der Waals surface area contributed by atoms with Gasteiger partial charge in [0.2, 0.25) is 0 Å². The summed E-state index contributed by atoms with van der Waals surface area (Å²) >= 11 is 5.86. The van der Waals surface area contributed by atoms with E-state index in [1.54, 1.807) is 0 Å². The molecule has 0 heterocycles. The van der Waals surface area contributed by atoms with Gasteiger partial charge in [-0.1, -0.05) is 11.6 Å². The van der Waals surface area contributed by atoms with Gasteiger partial charge in [0, 0.05) is 19.2 Å². The van der Waals surface area contributed by atoms with E-state index < -0.39 is 28.3 Å². The number of methoxy groups -OCH3 is 1. The number of hydrogen-bond donors (Lipinski definition) is 1. The maximum absolute atomic E-state index is 12.0. The van der Waals surface area contributed by atoms with Crippen molar-refractivity contribution in [1.29, 1.82) is 0 Å². The Kier molecular flexibility index (Phi) is 7.85. The van der Waals surface area contributed by atoms with E-state index in [9.17, 15) is 22.8 Å². The normalized spacial score (nSPS) is 10.8. The van der Waals surface area contributed by atoms with Crippen LogP contribution in [0, 0.1) is 0 Å². The highest BCUT2D eigenvalue weighted by atomic mass is 35.5. The molecule has 0 fully saturated rings. The first-order valence-electron chi connectivity index (χ1n) is 7.15. The molecule has 0 atom stereocenters. The van der Waals surface area contributed by atoms with Crippen molar-refractivity contribution >= 4 is 39.3 Å². The number of carbonyl (C=O) groups is 3. The molecule has 0 bridgehead atoms. The SMILES string of the molecule is COC(=O)CCCNC(=O)COC(=O)c1cc(S(C)(=O)=O)ccc1Cl. The van der Waals surface area contributed by atoms with Crippen LogP contribution in [-0.2, 0) is 28.9 Å². The molecule has 0 unspecified atom stereocenters. The highest BCUT2D eigenvalue weighted by Gasteiger charge is 2.17. The Balaban J connectivity index is 2.54. The van der Waals surface area contributed by atoms with Crippen molar-refractivity contribution in [1.82, 2.24) is 5.32 Å². The zero-order valence-electron chi connectivity index (χ0n) is 13.7. The van der Waals surface area contributed by atoms with Crippen molar-refractivity contribution in [3.63, 3.8) is 0 Å². The van der Waals surface area contributed by atoms with Gasteiger partial charge in [0.1, 0.15) is 0 Å². The van der Waals surface area contributed by atoms with Crippen LogP contribution >= 0.6 is 11.6 Å². The van der Waals surface area contributed by atoms with Gasteiger partial charge in [0.05, 0.1) is 22.6 Å². The Bertz CT molecular complexity index is 761. The molecule has 1 amide bonds. The second kappa shape index (κ2) is 9.38. The predicted molar refractivity (Wildman–Crippen MR) is 89.1 cm³/mol. The lowest BCUT2D eigenvalue weighted by atomic mass is 10.2. The zero-order valence-corrected chi connectivity index (χ0v) is 15.3. The standard InChI is InChI=1S/C15H18ClNO7S/c1-23-14(19)4-3-7-17-13(18)9-24-15(20)11-8-10(25(2,21)22)5-6-12(11)16/h5-6,8H,3-4,7,9H2,1-2H3,(H,17,18). The third-order valence-electron chi connectivity index (χ3n) is 3.03.